The van der Waals surface area contributed by atoms with E-state index < -0.39 is 0 Å². The molecule has 0 aromatic heterocycles. The van der Waals surface area contributed by atoms with Gasteiger partial charge in [0, 0.05) is 6.54 Å². The summed E-state index contributed by atoms with van der Waals surface area (Å²) in [6.45, 7) is 9.66. The Morgan fingerprint density at radius 3 is 2.22 bits per heavy atom. The first-order valence-corrected chi connectivity index (χ1v) is 7.38. The lowest BCUT2D eigenvalue weighted by molar-refractivity contribution is -0.154. The van der Waals surface area contributed by atoms with E-state index in [2.05, 4.69) is 12.2 Å². The van der Waals surface area contributed by atoms with Crippen LogP contribution in [-0.2, 0) is 9.53 Å². The second-order valence-corrected chi connectivity index (χ2v) is 5.85. The van der Waals surface area contributed by atoms with Crippen LogP contribution in [0.5, 0.6) is 0 Å². The van der Waals surface area contributed by atoms with Gasteiger partial charge in [0.05, 0.1) is 6.42 Å². The summed E-state index contributed by atoms with van der Waals surface area (Å²) in [6.07, 6.45) is 8.31. The molecule has 0 bridgehead atoms. The van der Waals surface area contributed by atoms with Gasteiger partial charge in [0.25, 0.3) is 0 Å². The Morgan fingerprint density at radius 2 is 1.61 bits per heavy atom. The highest BCUT2D eigenvalue weighted by Gasteiger charge is 2.15. The van der Waals surface area contributed by atoms with E-state index in [-0.39, 0.29) is 11.6 Å². The van der Waals surface area contributed by atoms with Crippen molar-refractivity contribution in [2.75, 3.05) is 13.1 Å². The van der Waals surface area contributed by atoms with Crippen molar-refractivity contribution < 1.29 is 9.53 Å². The van der Waals surface area contributed by atoms with E-state index in [0.717, 1.165) is 13.1 Å². The SMILES string of the molecule is CCCCCCCCNCCC(=O)OC(C)(C)C. The average molecular weight is 257 g/mol. The monoisotopic (exact) mass is 257 g/mol. The highest BCUT2D eigenvalue weighted by molar-refractivity contribution is 5.70. The highest BCUT2D eigenvalue weighted by atomic mass is 16.6. The summed E-state index contributed by atoms with van der Waals surface area (Å²) in [5.74, 6) is -0.113. The summed E-state index contributed by atoms with van der Waals surface area (Å²) in [5.41, 5.74) is -0.365. The summed E-state index contributed by atoms with van der Waals surface area (Å²) < 4.78 is 5.23. The number of rotatable bonds is 10. The summed E-state index contributed by atoms with van der Waals surface area (Å²) in [4.78, 5) is 11.4. The highest BCUT2D eigenvalue weighted by Crippen LogP contribution is 2.07. The van der Waals surface area contributed by atoms with Crippen molar-refractivity contribution in [3.63, 3.8) is 0 Å². The topological polar surface area (TPSA) is 38.3 Å². The second-order valence-electron chi connectivity index (χ2n) is 5.85. The molecule has 3 heteroatoms. The van der Waals surface area contributed by atoms with Crippen LogP contribution >= 0.6 is 0 Å². The molecule has 0 amide bonds. The molecule has 0 unspecified atom stereocenters. The van der Waals surface area contributed by atoms with Crippen molar-refractivity contribution in [2.45, 2.75) is 78.2 Å². The third kappa shape index (κ3) is 13.5. The zero-order valence-electron chi connectivity index (χ0n) is 12.7. The lowest BCUT2D eigenvalue weighted by atomic mass is 10.1. The minimum atomic E-state index is -0.365. The Morgan fingerprint density at radius 1 is 1.00 bits per heavy atom. The van der Waals surface area contributed by atoms with Gasteiger partial charge in [-0.1, -0.05) is 39.0 Å². The molecule has 0 spiro atoms. The van der Waals surface area contributed by atoms with Crippen molar-refractivity contribution in [1.82, 2.24) is 5.32 Å². The van der Waals surface area contributed by atoms with Crippen molar-refractivity contribution in [1.29, 1.82) is 0 Å². The Bertz CT molecular complexity index is 209. The van der Waals surface area contributed by atoms with Crippen LogP contribution in [0.15, 0.2) is 0 Å². The maximum Gasteiger partial charge on any atom is 0.307 e. The van der Waals surface area contributed by atoms with E-state index in [9.17, 15) is 4.79 Å². The van der Waals surface area contributed by atoms with Gasteiger partial charge in [0.1, 0.15) is 5.60 Å². The largest absolute Gasteiger partial charge is 0.460 e. The Balaban J connectivity index is 3.23. The van der Waals surface area contributed by atoms with E-state index >= 15 is 0 Å². The molecule has 0 aromatic carbocycles. The molecule has 108 valence electrons. The first-order valence-electron chi connectivity index (χ1n) is 7.38. The molecule has 0 fully saturated rings. The molecular weight excluding hydrogens is 226 g/mol. The van der Waals surface area contributed by atoms with Gasteiger partial charge < -0.3 is 10.1 Å². The molecule has 0 saturated heterocycles. The van der Waals surface area contributed by atoms with Crippen molar-refractivity contribution in [3.8, 4) is 0 Å². The molecule has 18 heavy (non-hydrogen) atoms. The van der Waals surface area contributed by atoms with Crippen molar-refractivity contribution >= 4 is 5.97 Å². The van der Waals surface area contributed by atoms with Crippen LogP contribution in [0.4, 0.5) is 0 Å². The first kappa shape index (κ1) is 17.4. The minimum absolute atomic E-state index is 0.113. The Labute approximate surface area is 113 Å². The molecule has 0 aromatic rings. The predicted molar refractivity (Wildman–Crippen MR) is 76.7 cm³/mol. The summed E-state index contributed by atoms with van der Waals surface area (Å²) in [6, 6.07) is 0. The molecule has 0 aliphatic rings. The van der Waals surface area contributed by atoms with E-state index in [1.807, 2.05) is 20.8 Å². The molecule has 0 heterocycles. The van der Waals surface area contributed by atoms with E-state index in [1.165, 1.54) is 38.5 Å². The molecule has 0 rings (SSSR count). The van der Waals surface area contributed by atoms with Crippen molar-refractivity contribution in [2.24, 2.45) is 0 Å². The molecule has 0 atom stereocenters. The van der Waals surface area contributed by atoms with Crippen molar-refractivity contribution in [3.05, 3.63) is 0 Å². The quantitative estimate of drug-likeness (QED) is 0.479. The predicted octanol–water partition coefficient (Wildman–Crippen LogP) is 3.67. The maximum absolute atomic E-state index is 11.4. The van der Waals surface area contributed by atoms with Gasteiger partial charge in [-0.3, -0.25) is 4.79 Å². The molecule has 0 aliphatic heterocycles. The summed E-state index contributed by atoms with van der Waals surface area (Å²) >= 11 is 0. The van der Waals surface area contributed by atoms with Crippen LogP contribution in [-0.4, -0.2) is 24.7 Å². The number of hydrogen-bond donors (Lipinski definition) is 1. The number of carbonyl (C=O) groups is 1. The Hall–Kier alpha value is -0.570. The number of ether oxygens (including phenoxy) is 1. The first-order chi connectivity index (χ1) is 8.45. The third-order valence-corrected chi connectivity index (χ3v) is 2.63. The molecule has 1 N–H and O–H groups in total. The number of carbonyl (C=O) groups excluding carboxylic acids is 1. The molecule has 0 saturated carbocycles. The van der Waals surface area contributed by atoms with Crippen LogP contribution in [0, 0.1) is 0 Å². The number of esters is 1. The molecule has 0 radical (unpaired) electrons. The van der Waals surface area contributed by atoms with Gasteiger partial charge in [-0.25, -0.2) is 0 Å². The number of nitrogens with one attached hydrogen (secondary N) is 1. The zero-order valence-corrected chi connectivity index (χ0v) is 12.7. The van der Waals surface area contributed by atoms with Gasteiger partial charge in [-0.05, 0) is 33.7 Å². The molecule has 0 aliphatic carbocycles. The van der Waals surface area contributed by atoms with Gasteiger partial charge in [-0.15, -0.1) is 0 Å². The fraction of sp³-hybridized carbons (Fsp3) is 0.933. The lowest BCUT2D eigenvalue weighted by Crippen LogP contribution is -2.27. The molecule has 3 nitrogen and oxygen atoms in total. The van der Waals surface area contributed by atoms with E-state index in [1.54, 1.807) is 0 Å². The van der Waals surface area contributed by atoms with Gasteiger partial charge in [0.15, 0.2) is 0 Å². The fourth-order valence-corrected chi connectivity index (χ4v) is 1.74. The van der Waals surface area contributed by atoms with Crippen LogP contribution < -0.4 is 5.32 Å². The van der Waals surface area contributed by atoms with Crippen LogP contribution in [0.3, 0.4) is 0 Å². The minimum Gasteiger partial charge on any atom is -0.460 e. The molecular formula is C15H31NO2. The summed E-state index contributed by atoms with van der Waals surface area (Å²) in [7, 11) is 0. The normalized spacial score (nSPS) is 11.6. The van der Waals surface area contributed by atoms with Gasteiger partial charge >= 0.3 is 5.97 Å². The second kappa shape index (κ2) is 10.4. The van der Waals surface area contributed by atoms with Crippen LogP contribution in [0.2, 0.25) is 0 Å². The number of unbranched alkanes of at least 4 members (excludes halogenated alkanes) is 5. The van der Waals surface area contributed by atoms with Gasteiger partial charge in [-0.2, -0.15) is 0 Å². The van der Waals surface area contributed by atoms with E-state index in [0.29, 0.717) is 6.42 Å². The summed E-state index contributed by atoms with van der Waals surface area (Å²) in [5, 5.41) is 3.29. The fourth-order valence-electron chi connectivity index (χ4n) is 1.74. The number of hydrogen-bond acceptors (Lipinski definition) is 3. The zero-order chi connectivity index (χ0) is 13.9. The lowest BCUT2D eigenvalue weighted by Gasteiger charge is -2.19. The third-order valence-electron chi connectivity index (χ3n) is 2.63. The maximum atomic E-state index is 11.4. The smallest absolute Gasteiger partial charge is 0.307 e. The van der Waals surface area contributed by atoms with Gasteiger partial charge in [0.2, 0.25) is 0 Å². The average Bonchev–Trinajstić information content (AvgIpc) is 2.24. The van der Waals surface area contributed by atoms with Crippen LogP contribution in [0.1, 0.15) is 72.6 Å². The Kier molecular flexibility index (Phi) is 10.0. The standard InChI is InChI=1S/C15H31NO2/c1-5-6-7-8-9-10-12-16-13-11-14(17)18-15(2,3)4/h16H,5-13H2,1-4H3. The van der Waals surface area contributed by atoms with Crippen LogP contribution in [0.25, 0.3) is 0 Å². The van der Waals surface area contributed by atoms with E-state index in [4.69, 9.17) is 4.74 Å².